The first kappa shape index (κ1) is 18.9. The molecule has 29 heavy (non-hydrogen) atoms. The Kier molecular flexibility index (Phi) is 5.38. The maximum absolute atomic E-state index is 12.9. The van der Waals surface area contributed by atoms with Gasteiger partial charge in [-0.25, -0.2) is 0 Å². The van der Waals surface area contributed by atoms with Gasteiger partial charge >= 0.3 is 0 Å². The summed E-state index contributed by atoms with van der Waals surface area (Å²) in [6.45, 7) is 3.68. The largest absolute Gasteiger partial charge is 0.348 e. The summed E-state index contributed by atoms with van der Waals surface area (Å²) >= 11 is 0. The quantitative estimate of drug-likeness (QED) is 0.747. The normalized spacial score (nSPS) is 12.9. The number of rotatable bonds is 4. The highest BCUT2D eigenvalue weighted by Crippen LogP contribution is 2.20. The summed E-state index contributed by atoms with van der Waals surface area (Å²) in [5.41, 5.74) is 5.39. The molecule has 1 N–H and O–H groups in total. The molecule has 2 amide bonds. The molecule has 0 saturated carbocycles. The molecule has 0 bridgehead atoms. The van der Waals surface area contributed by atoms with Crippen LogP contribution in [0.25, 0.3) is 0 Å². The number of hydrogen-bond donors (Lipinski definition) is 1. The first-order valence-electron chi connectivity index (χ1n) is 9.76. The standard InChI is InChI=1S/C24H23N3O2/c1-17-6-2-3-8-20(17)15-26-23(28)19-10-12-25-22(14-19)24(29)27-13-11-18-7-4-5-9-21(18)16-27/h2-10,12,14H,11,13,15-16H2,1H3,(H,26,28). The monoisotopic (exact) mass is 385 g/mol. The summed E-state index contributed by atoms with van der Waals surface area (Å²) in [6, 6.07) is 19.3. The van der Waals surface area contributed by atoms with Crippen LogP contribution in [0.2, 0.25) is 0 Å². The van der Waals surface area contributed by atoms with E-state index in [9.17, 15) is 9.59 Å². The molecule has 3 aromatic rings. The van der Waals surface area contributed by atoms with Crippen LogP contribution < -0.4 is 5.32 Å². The van der Waals surface area contributed by atoms with E-state index in [4.69, 9.17) is 0 Å². The van der Waals surface area contributed by atoms with E-state index in [1.807, 2.05) is 43.3 Å². The fraction of sp³-hybridized carbons (Fsp3) is 0.208. The molecule has 0 saturated heterocycles. The van der Waals surface area contributed by atoms with Crippen LogP contribution in [-0.2, 0) is 19.5 Å². The zero-order valence-corrected chi connectivity index (χ0v) is 16.4. The van der Waals surface area contributed by atoms with Gasteiger partial charge in [0.05, 0.1) is 0 Å². The number of nitrogens with one attached hydrogen (secondary N) is 1. The molecule has 0 atom stereocenters. The van der Waals surface area contributed by atoms with Gasteiger partial charge in [0.15, 0.2) is 0 Å². The van der Waals surface area contributed by atoms with Crippen LogP contribution >= 0.6 is 0 Å². The van der Waals surface area contributed by atoms with E-state index < -0.39 is 0 Å². The molecule has 4 rings (SSSR count). The van der Waals surface area contributed by atoms with Crippen molar-refractivity contribution in [3.8, 4) is 0 Å². The minimum Gasteiger partial charge on any atom is -0.348 e. The van der Waals surface area contributed by atoms with Gasteiger partial charge < -0.3 is 10.2 Å². The lowest BCUT2D eigenvalue weighted by atomic mass is 9.99. The molecule has 146 valence electrons. The van der Waals surface area contributed by atoms with Crippen LogP contribution in [0.3, 0.4) is 0 Å². The second-order valence-corrected chi connectivity index (χ2v) is 7.28. The van der Waals surface area contributed by atoms with Gasteiger partial charge in [0.25, 0.3) is 11.8 Å². The highest BCUT2D eigenvalue weighted by Gasteiger charge is 2.23. The average molecular weight is 385 g/mol. The molecule has 0 unspecified atom stereocenters. The molecule has 0 fully saturated rings. The SMILES string of the molecule is Cc1ccccc1CNC(=O)c1ccnc(C(=O)N2CCc3ccccc3C2)c1. The first-order valence-corrected chi connectivity index (χ1v) is 9.76. The number of pyridine rings is 1. The van der Waals surface area contributed by atoms with E-state index in [1.54, 1.807) is 17.0 Å². The number of aryl methyl sites for hydroxylation is 1. The summed E-state index contributed by atoms with van der Waals surface area (Å²) in [5, 5.41) is 2.92. The zero-order chi connectivity index (χ0) is 20.2. The third kappa shape index (κ3) is 4.19. The number of fused-ring (bicyclic) bond motifs is 1. The molecule has 0 aliphatic carbocycles. The highest BCUT2D eigenvalue weighted by atomic mass is 16.2. The van der Waals surface area contributed by atoms with Crippen molar-refractivity contribution >= 4 is 11.8 Å². The van der Waals surface area contributed by atoms with Crippen LogP contribution in [-0.4, -0.2) is 28.2 Å². The topological polar surface area (TPSA) is 62.3 Å². The fourth-order valence-corrected chi connectivity index (χ4v) is 3.61. The number of hydrogen-bond acceptors (Lipinski definition) is 3. The van der Waals surface area contributed by atoms with Gasteiger partial charge in [-0.05, 0) is 47.7 Å². The molecule has 2 heterocycles. The van der Waals surface area contributed by atoms with Crippen LogP contribution in [0.15, 0.2) is 66.9 Å². The Morgan fingerprint density at radius 1 is 1.03 bits per heavy atom. The van der Waals surface area contributed by atoms with Crippen LogP contribution in [0.5, 0.6) is 0 Å². The van der Waals surface area contributed by atoms with Crippen molar-refractivity contribution in [1.82, 2.24) is 15.2 Å². The van der Waals surface area contributed by atoms with Gasteiger partial charge in [-0.2, -0.15) is 0 Å². The molecule has 0 radical (unpaired) electrons. The summed E-state index contributed by atoms with van der Waals surface area (Å²) in [6.07, 6.45) is 2.35. The predicted octanol–water partition coefficient (Wildman–Crippen LogP) is 3.52. The van der Waals surface area contributed by atoms with Gasteiger partial charge in [-0.3, -0.25) is 14.6 Å². The molecule has 5 heteroatoms. The second kappa shape index (κ2) is 8.27. The van der Waals surface area contributed by atoms with Crippen molar-refractivity contribution in [1.29, 1.82) is 0 Å². The lowest BCUT2D eigenvalue weighted by Gasteiger charge is -2.28. The Labute approximate surface area is 170 Å². The van der Waals surface area contributed by atoms with Crippen LogP contribution in [0.1, 0.15) is 43.1 Å². The van der Waals surface area contributed by atoms with Gasteiger partial charge in [-0.15, -0.1) is 0 Å². The van der Waals surface area contributed by atoms with Gasteiger partial charge in [0, 0.05) is 31.4 Å². The van der Waals surface area contributed by atoms with Crippen LogP contribution in [0, 0.1) is 6.92 Å². The van der Waals surface area contributed by atoms with Crippen molar-refractivity contribution in [2.24, 2.45) is 0 Å². The van der Waals surface area contributed by atoms with E-state index in [1.165, 1.54) is 17.3 Å². The van der Waals surface area contributed by atoms with Crippen molar-refractivity contribution < 1.29 is 9.59 Å². The minimum absolute atomic E-state index is 0.145. The first-order chi connectivity index (χ1) is 14.1. The molecular weight excluding hydrogens is 362 g/mol. The van der Waals surface area contributed by atoms with E-state index in [0.29, 0.717) is 30.9 Å². The Balaban J connectivity index is 1.45. The third-order valence-corrected chi connectivity index (χ3v) is 5.36. The highest BCUT2D eigenvalue weighted by molar-refractivity contribution is 5.98. The van der Waals surface area contributed by atoms with Crippen molar-refractivity contribution in [2.75, 3.05) is 6.54 Å². The number of benzene rings is 2. The van der Waals surface area contributed by atoms with E-state index in [2.05, 4.69) is 22.4 Å². The van der Waals surface area contributed by atoms with Gasteiger partial charge in [0.2, 0.25) is 0 Å². The number of nitrogens with zero attached hydrogens (tertiary/aromatic N) is 2. The maximum Gasteiger partial charge on any atom is 0.272 e. The zero-order valence-electron chi connectivity index (χ0n) is 16.4. The van der Waals surface area contributed by atoms with E-state index >= 15 is 0 Å². The fourth-order valence-electron chi connectivity index (χ4n) is 3.61. The smallest absolute Gasteiger partial charge is 0.272 e. The Hall–Kier alpha value is -3.47. The molecule has 1 aliphatic rings. The number of aromatic nitrogens is 1. The summed E-state index contributed by atoms with van der Waals surface area (Å²) in [7, 11) is 0. The molecule has 1 aliphatic heterocycles. The Bertz CT molecular complexity index is 1060. The number of carbonyl (C=O) groups is 2. The predicted molar refractivity (Wildman–Crippen MR) is 111 cm³/mol. The molecule has 2 aromatic carbocycles. The summed E-state index contributed by atoms with van der Waals surface area (Å²) in [4.78, 5) is 31.5. The van der Waals surface area contributed by atoms with Crippen molar-refractivity contribution in [2.45, 2.75) is 26.4 Å². The average Bonchev–Trinajstić information content (AvgIpc) is 2.77. The van der Waals surface area contributed by atoms with Crippen molar-refractivity contribution in [3.05, 3.63) is 100 Å². The summed E-state index contributed by atoms with van der Waals surface area (Å²) < 4.78 is 0. The molecule has 5 nitrogen and oxygen atoms in total. The third-order valence-electron chi connectivity index (χ3n) is 5.36. The van der Waals surface area contributed by atoms with Gasteiger partial charge in [0.1, 0.15) is 5.69 Å². The Morgan fingerprint density at radius 2 is 1.79 bits per heavy atom. The molecule has 1 aromatic heterocycles. The van der Waals surface area contributed by atoms with E-state index in [0.717, 1.165) is 17.5 Å². The molecule has 0 spiro atoms. The van der Waals surface area contributed by atoms with Crippen LogP contribution in [0.4, 0.5) is 0 Å². The van der Waals surface area contributed by atoms with Crippen molar-refractivity contribution in [3.63, 3.8) is 0 Å². The Morgan fingerprint density at radius 3 is 2.62 bits per heavy atom. The lowest BCUT2D eigenvalue weighted by molar-refractivity contribution is 0.0728. The lowest BCUT2D eigenvalue weighted by Crippen LogP contribution is -2.36. The minimum atomic E-state index is -0.214. The summed E-state index contributed by atoms with van der Waals surface area (Å²) in [5.74, 6) is -0.359. The number of carbonyl (C=O) groups excluding carboxylic acids is 2. The molecular formula is C24H23N3O2. The van der Waals surface area contributed by atoms with Gasteiger partial charge in [-0.1, -0.05) is 48.5 Å². The maximum atomic E-state index is 12.9. The van der Waals surface area contributed by atoms with E-state index in [-0.39, 0.29) is 11.8 Å². The number of amides is 2. The second-order valence-electron chi connectivity index (χ2n) is 7.28.